The molecule has 2 N–H and O–H groups in total. The van der Waals surface area contributed by atoms with Gasteiger partial charge in [0.25, 0.3) is 0 Å². The van der Waals surface area contributed by atoms with Gasteiger partial charge in [-0.3, -0.25) is 0 Å². The number of hydrogen-bond donors (Lipinski definition) is 2. The quantitative estimate of drug-likeness (QED) is 0.857. The summed E-state index contributed by atoms with van der Waals surface area (Å²) in [6.45, 7) is 3.64. The van der Waals surface area contributed by atoms with Crippen LogP contribution in [0.15, 0.2) is 29.2 Å². The highest BCUT2D eigenvalue weighted by Gasteiger charge is 2.29. The van der Waals surface area contributed by atoms with Gasteiger partial charge in [0.15, 0.2) is 0 Å². The third-order valence-electron chi connectivity index (χ3n) is 4.30. The standard InChI is InChI=1S/C16H25N3O3S/c1-13-3-5-15(6-4-13)23(21,22)19-11-8-14(9-12-19)7-10-18-16(20)17-2/h3-6,14H,7-12H2,1-2H3,(H2,17,18,20). The molecule has 1 aliphatic heterocycles. The number of nitrogens with zero attached hydrogens (tertiary/aromatic N) is 1. The molecule has 0 aromatic heterocycles. The number of aryl methyl sites for hydroxylation is 1. The van der Waals surface area contributed by atoms with Gasteiger partial charge >= 0.3 is 6.03 Å². The third kappa shape index (κ3) is 4.68. The summed E-state index contributed by atoms with van der Waals surface area (Å²) in [5.74, 6) is 0.455. The Balaban J connectivity index is 1.86. The number of nitrogens with one attached hydrogen (secondary N) is 2. The van der Waals surface area contributed by atoms with Gasteiger partial charge in [-0.2, -0.15) is 4.31 Å². The van der Waals surface area contributed by atoms with Crippen LogP contribution in [0.4, 0.5) is 4.79 Å². The molecule has 0 bridgehead atoms. The van der Waals surface area contributed by atoms with Crippen LogP contribution in [0.2, 0.25) is 0 Å². The van der Waals surface area contributed by atoms with Gasteiger partial charge in [0.2, 0.25) is 10.0 Å². The fourth-order valence-electron chi connectivity index (χ4n) is 2.78. The fourth-order valence-corrected chi connectivity index (χ4v) is 4.25. The third-order valence-corrected chi connectivity index (χ3v) is 6.21. The summed E-state index contributed by atoms with van der Waals surface area (Å²) in [6, 6.07) is 6.81. The number of amides is 2. The van der Waals surface area contributed by atoms with Crippen LogP contribution in [0.5, 0.6) is 0 Å². The van der Waals surface area contributed by atoms with Crippen LogP contribution in [0.3, 0.4) is 0 Å². The maximum absolute atomic E-state index is 12.6. The van der Waals surface area contributed by atoms with E-state index in [0.29, 0.717) is 30.4 Å². The van der Waals surface area contributed by atoms with Crippen molar-refractivity contribution in [2.45, 2.75) is 31.1 Å². The Hall–Kier alpha value is -1.60. The van der Waals surface area contributed by atoms with Gasteiger partial charge < -0.3 is 10.6 Å². The summed E-state index contributed by atoms with van der Waals surface area (Å²) in [6.07, 6.45) is 2.55. The van der Waals surface area contributed by atoms with Crippen molar-refractivity contribution in [3.05, 3.63) is 29.8 Å². The molecule has 128 valence electrons. The monoisotopic (exact) mass is 339 g/mol. The molecule has 1 heterocycles. The number of benzene rings is 1. The summed E-state index contributed by atoms with van der Waals surface area (Å²) in [7, 11) is -1.80. The average molecular weight is 339 g/mol. The smallest absolute Gasteiger partial charge is 0.314 e. The van der Waals surface area contributed by atoms with Gasteiger partial charge in [0.1, 0.15) is 0 Å². The van der Waals surface area contributed by atoms with E-state index in [1.54, 1.807) is 23.5 Å². The van der Waals surface area contributed by atoms with E-state index < -0.39 is 10.0 Å². The van der Waals surface area contributed by atoms with E-state index in [-0.39, 0.29) is 6.03 Å². The Morgan fingerprint density at radius 3 is 2.39 bits per heavy atom. The van der Waals surface area contributed by atoms with Crippen LogP contribution < -0.4 is 10.6 Å². The fraction of sp³-hybridized carbons (Fsp3) is 0.562. The molecule has 2 amide bonds. The topological polar surface area (TPSA) is 78.5 Å². The zero-order chi connectivity index (χ0) is 16.9. The lowest BCUT2D eigenvalue weighted by Gasteiger charge is -2.31. The van der Waals surface area contributed by atoms with Crippen LogP contribution in [-0.2, 0) is 10.0 Å². The van der Waals surface area contributed by atoms with Crippen molar-refractivity contribution in [1.82, 2.24) is 14.9 Å². The number of rotatable bonds is 5. The van der Waals surface area contributed by atoms with Crippen LogP contribution in [0, 0.1) is 12.8 Å². The van der Waals surface area contributed by atoms with Crippen molar-refractivity contribution >= 4 is 16.1 Å². The van der Waals surface area contributed by atoms with E-state index in [0.717, 1.165) is 24.8 Å². The maximum atomic E-state index is 12.6. The van der Waals surface area contributed by atoms with Crippen LogP contribution >= 0.6 is 0 Å². The molecule has 1 aromatic rings. The maximum Gasteiger partial charge on any atom is 0.314 e. The molecule has 0 aliphatic carbocycles. The van der Waals surface area contributed by atoms with Gasteiger partial charge in [0.05, 0.1) is 4.90 Å². The van der Waals surface area contributed by atoms with Gasteiger partial charge in [0, 0.05) is 26.7 Å². The molecule has 2 rings (SSSR count). The molecule has 1 fully saturated rings. The number of carbonyl (C=O) groups excluding carboxylic acids is 1. The normalized spacial score (nSPS) is 17.0. The highest BCUT2D eigenvalue weighted by atomic mass is 32.2. The van der Waals surface area contributed by atoms with E-state index in [2.05, 4.69) is 10.6 Å². The average Bonchev–Trinajstić information content (AvgIpc) is 2.55. The molecule has 7 heteroatoms. The minimum atomic E-state index is -3.39. The molecular weight excluding hydrogens is 314 g/mol. The molecule has 1 aliphatic rings. The number of urea groups is 1. The second-order valence-electron chi connectivity index (χ2n) is 5.96. The van der Waals surface area contributed by atoms with Gasteiger partial charge in [-0.1, -0.05) is 17.7 Å². The van der Waals surface area contributed by atoms with Gasteiger partial charge in [-0.15, -0.1) is 0 Å². The first-order valence-electron chi connectivity index (χ1n) is 7.96. The predicted octanol–water partition coefficient (Wildman–Crippen LogP) is 1.71. The first-order chi connectivity index (χ1) is 10.9. The minimum absolute atomic E-state index is 0.176. The Morgan fingerprint density at radius 1 is 1.22 bits per heavy atom. The number of piperidine rings is 1. The van der Waals surface area contributed by atoms with Gasteiger partial charge in [-0.25, -0.2) is 13.2 Å². The molecule has 0 spiro atoms. The van der Waals surface area contributed by atoms with Crippen LogP contribution in [-0.4, -0.2) is 45.4 Å². The lowest BCUT2D eigenvalue weighted by Crippen LogP contribution is -2.39. The summed E-state index contributed by atoms with van der Waals surface area (Å²) >= 11 is 0. The number of hydrogen-bond acceptors (Lipinski definition) is 3. The van der Waals surface area contributed by atoms with Gasteiger partial charge in [-0.05, 0) is 44.2 Å². The summed E-state index contributed by atoms with van der Waals surface area (Å²) < 4.78 is 26.8. The van der Waals surface area contributed by atoms with Crippen LogP contribution in [0.25, 0.3) is 0 Å². The molecule has 0 unspecified atom stereocenters. The van der Waals surface area contributed by atoms with Crippen molar-refractivity contribution in [3.63, 3.8) is 0 Å². The largest absolute Gasteiger partial charge is 0.341 e. The molecule has 1 aromatic carbocycles. The Kier molecular flexibility index (Phi) is 6.01. The summed E-state index contributed by atoms with van der Waals surface area (Å²) in [5, 5.41) is 5.28. The van der Waals surface area contributed by atoms with E-state index in [1.165, 1.54) is 0 Å². The van der Waals surface area contributed by atoms with Crippen molar-refractivity contribution in [1.29, 1.82) is 0 Å². The van der Waals surface area contributed by atoms with Crippen molar-refractivity contribution < 1.29 is 13.2 Å². The molecule has 6 nitrogen and oxygen atoms in total. The SMILES string of the molecule is CNC(=O)NCCC1CCN(S(=O)(=O)c2ccc(C)cc2)CC1. The Bertz CT molecular complexity index is 620. The van der Waals surface area contributed by atoms with Crippen molar-refractivity contribution in [2.75, 3.05) is 26.7 Å². The van der Waals surface area contributed by atoms with Crippen molar-refractivity contribution in [3.8, 4) is 0 Å². The summed E-state index contributed by atoms with van der Waals surface area (Å²) in [5.41, 5.74) is 1.05. The number of carbonyl (C=O) groups is 1. The zero-order valence-electron chi connectivity index (χ0n) is 13.7. The highest BCUT2D eigenvalue weighted by molar-refractivity contribution is 7.89. The van der Waals surface area contributed by atoms with Crippen molar-refractivity contribution in [2.24, 2.45) is 5.92 Å². The van der Waals surface area contributed by atoms with Crippen LogP contribution in [0.1, 0.15) is 24.8 Å². The Morgan fingerprint density at radius 2 is 1.83 bits per heavy atom. The highest BCUT2D eigenvalue weighted by Crippen LogP contribution is 2.25. The minimum Gasteiger partial charge on any atom is -0.341 e. The second-order valence-corrected chi connectivity index (χ2v) is 7.89. The lowest BCUT2D eigenvalue weighted by atomic mass is 9.95. The number of sulfonamides is 1. The summed E-state index contributed by atoms with van der Waals surface area (Å²) in [4.78, 5) is 11.5. The van der Waals surface area contributed by atoms with E-state index >= 15 is 0 Å². The molecule has 0 saturated carbocycles. The van der Waals surface area contributed by atoms with E-state index in [4.69, 9.17) is 0 Å². The first kappa shape index (κ1) is 17.7. The Labute approximate surface area is 138 Å². The molecular formula is C16H25N3O3S. The molecule has 0 atom stereocenters. The van der Waals surface area contributed by atoms with E-state index in [1.807, 2.05) is 19.1 Å². The van der Waals surface area contributed by atoms with E-state index in [9.17, 15) is 13.2 Å². The second kappa shape index (κ2) is 7.79. The zero-order valence-corrected chi connectivity index (χ0v) is 14.5. The molecule has 0 radical (unpaired) electrons. The molecule has 1 saturated heterocycles. The molecule has 23 heavy (non-hydrogen) atoms. The first-order valence-corrected chi connectivity index (χ1v) is 9.40. The predicted molar refractivity (Wildman–Crippen MR) is 89.7 cm³/mol. The lowest BCUT2D eigenvalue weighted by molar-refractivity contribution is 0.237.